The van der Waals surface area contributed by atoms with Gasteiger partial charge in [0.2, 0.25) is 0 Å². The predicted molar refractivity (Wildman–Crippen MR) is 90.7 cm³/mol. The molecule has 22 heavy (non-hydrogen) atoms. The van der Waals surface area contributed by atoms with Gasteiger partial charge < -0.3 is 10.1 Å². The number of hydrogen-bond acceptors (Lipinski definition) is 2. The summed E-state index contributed by atoms with van der Waals surface area (Å²) in [4.78, 5) is 7.74. The maximum Gasteiger partial charge on any atom is 0.142 e. The minimum atomic E-state index is 0.176. The van der Waals surface area contributed by atoms with E-state index in [4.69, 9.17) is 23.2 Å². The number of aromatic nitrogens is 2. The molecule has 0 aliphatic heterocycles. The van der Waals surface area contributed by atoms with Gasteiger partial charge in [-0.15, -0.1) is 0 Å². The number of benzene rings is 3. The lowest BCUT2D eigenvalue weighted by molar-refractivity contribution is 0.477. The van der Waals surface area contributed by atoms with E-state index in [-0.39, 0.29) is 5.75 Å². The van der Waals surface area contributed by atoms with Crippen molar-refractivity contribution < 1.29 is 5.11 Å². The van der Waals surface area contributed by atoms with Gasteiger partial charge in [-0.3, -0.25) is 0 Å². The first-order valence-electron chi connectivity index (χ1n) is 6.69. The molecule has 108 valence electrons. The summed E-state index contributed by atoms with van der Waals surface area (Å²) in [6, 6.07) is 14.8. The first-order chi connectivity index (χ1) is 10.6. The van der Waals surface area contributed by atoms with Crippen LogP contribution >= 0.6 is 23.2 Å². The summed E-state index contributed by atoms with van der Waals surface area (Å²) < 4.78 is 0. The van der Waals surface area contributed by atoms with E-state index >= 15 is 0 Å². The van der Waals surface area contributed by atoms with E-state index in [9.17, 15) is 5.11 Å². The monoisotopic (exact) mass is 328 g/mol. The van der Waals surface area contributed by atoms with E-state index in [0.29, 0.717) is 26.9 Å². The molecule has 4 aromatic rings. The molecular weight excluding hydrogens is 319 g/mol. The van der Waals surface area contributed by atoms with Crippen LogP contribution in [0.1, 0.15) is 0 Å². The van der Waals surface area contributed by atoms with E-state index < -0.39 is 0 Å². The van der Waals surface area contributed by atoms with Gasteiger partial charge in [0.25, 0.3) is 0 Å². The van der Waals surface area contributed by atoms with Gasteiger partial charge >= 0.3 is 0 Å². The molecule has 0 aliphatic rings. The number of aromatic hydroxyl groups is 1. The first-order valence-corrected chi connectivity index (χ1v) is 7.45. The van der Waals surface area contributed by atoms with E-state index in [2.05, 4.69) is 9.97 Å². The van der Waals surface area contributed by atoms with E-state index in [1.54, 1.807) is 18.2 Å². The molecular formula is C17H10Cl2N2O. The van der Waals surface area contributed by atoms with Crippen molar-refractivity contribution in [1.29, 1.82) is 0 Å². The highest BCUT2D eigenvalue weighted by Crippen LogP contribution is 2.36. The minimum absolute atomic E-state index is 0.176. The lowest BCUT2D eigenvalue weighted by Gasteiger charge is -2.06. The number of fused-ring (bicyclic) bond motifs is 2. The molecule has 5 heteroatoms. The Morgan fingerprint density at radius 1 is 0.955 bits per heavy atom. The van der Waals surface area contributed by atoms with Crippen LogP contribution in [0.15, 0.2) is 48.5 Å². The zero-order valence-electron chi connectivity index (χ0n) is 11.3. The van der Waals surface area contributed by atoms with Gasteiger partial charge in [-0.25, -0.2) is 4.98 Å². The van der Waals surface area contributed by atoms with Crippen LogP contribution in [-0.4, -0.2) is 15.1 Å². The lowest BCUT2D eigenvalue weighted by atomic mass is 10.0. The van der Waals surface area contributed by atoms with Gasteiger partial charge in [-0.05, 0) is 29.0 Å². The van der Waals surface area contributed by atoms with Gasteiger partial charge in [-0.1, -0.05) is 53.5 Å². The van der Waals surface area contributed by atoms with E-state index in [1.807, 2.05) is 30.3 Å². The molecule has 0 bridgehead atoms. The summed E-state index contributed by atoms with van der Waals surface area (Å²) in [5, 5.41) is 13.2. The highest BCUT2D eigenvalue weighted by molar-refractivity contribution is 6.42. The van der Waals surface area contributed by atoms with E-state index in [0.717, 1.165) is 16.3 Å². The number of phenolic OH excluding ortho intramolecular Hbond substituents is 1. The zero-order valence-corrected chi connectivity index (χ0v) is 12.8. The van der Waals surface area contributed by atoms with Crippen molar-refractivity contribution in [3.63, 3.8) is 0 Å². The number of hydrogen-bond donors (Lipinski definition) is 2. The molecule has 0 spiro atoms. The summed E-state index contributed by atoms with van der Waals surface area (Å²) in [5.74, 6) is 0.762. The van der Waals surface area contributed by atoms with Crippen LogP contribution in [0.4, 0.5) is 0 Å². The first kappa shape index (κ1) is 13.4. The summed E-state index contributed by atoms with van der Waals surface area (Å²) in [5.41, 5.74) is 2.15. The molecule has 3 nitrogen and oxygen atoms in total. The van der Waals surface area contributed by atoms with Crippen molar-refractivity contribution in [2.75, 3.05) is 0 Å². The number of nitrogens with zero attached hydrogens (tertiary/aromatic N) is 1. The number of halogens is 2. The van der Waals surface area contributed by atoms with Gasteiger partial charge in [-0.2, -0.15) is 0 Å². The highest BCUT2D eigenvalue weighted by Gasteiger charge is 2.14. The van der Waals surface area contributed by atoms with Crippen LogP contribution in [0.3, 0.4) is 0 Å². The fourth-order valence-electron chi connectivity index (χ4n) is 2.63. The Bertz CT molecular complexity index is 985. The average molecular weight is 329 g/mol. The number of imidazole rings is 1. The van der Waals surface area contributed by atoms with Crippen molar-refractivity contribution in [2.24, 2.45) is 0 Å². The van der Waals surface area contributed by atoms with Crippen molar-refractivity contribution in [2.45, 2.75) is 0 Å². The second-order valence-electron chi connectivity index (χ2n) is 5.05. The molecule has 0 unspecified atom stereocenters. The third-order valence-corrected chi connectivity index (χ3v) is 4.39. The fraction of sp³-hybridized carbons (Fsp3) is 0. The third-order valence-electron chi connectivity index (χ3n) is 3.67. The number of H-pyrrole nitrogens is 1. The highest BCUT2D eigenvalue weighted by atomic mass is 35.5. The number of phenols is 1. The van der Waals surface area contributed by atoms with Crippen molar-refractivity contribution in [3.8, 4) is 17.1 Å². The summed E-state index contributed by atoms with van der Waals surface area (Å²) >= 11 is 12.1. The molecule has 0 amide bonds. The van der Waals surface area contributed by atoms with Gasteiger partial charge in [0.1, 0.15) is 11.6 Å². The number of nitrogens with one attached hydrogen (secondary N) is 1. The van der Waals surface area contributed by atoms with Gasteiger partial charge in [0.15, 0.2) is 0 Å². The molecule has 0 fully saturated rings. The Kier molecular flexibility index (Phi) is 2.99. The SMILES string of the molecule is Oc1ccc2ccccc2c1-c1nc2cc(Cl)c(Cl)cc2[nH]1. The standard InChI is InChI=1S/C17H10Cl2N2O/c18-11-7-13-14(8-12(11)19)21-17(20-13)16-10-4-2-1-3-9(10)5-6-15(16)22/h1-8,22H,(H,20,21). The van der Waals surface area contributed by atoms with Crippen LogP contribution in [0.2, 0.25) is 10.0 Å². The van der Waals surface area contributed by atoms with Crippen LogP contribution in [0.5, 0.6) is 5.75 Å². The molecule has 1 aromatic heterocycles. The summed E-state index contributed by atoms with van der Waals surface area (Å²) in [6.45, 7) is 0. The second-order valence-corrected chi connectivity index (χ2v) is 5.86. The summed E-state index contributed by atoms with van der Waals surface area (Å²) in [6.07, 6.45) is 0. The molecule has 0 saturated carbocycles. The topological polar surface area (TPSA) is 48.9 Å². The number of rotatable bonds is 1. The Morgan fingerprint density at radius 2 is 1.73 bits per heavy atom. The molecule has 0 atom stereocenters. The van der Waals surface area contributed by atoms with Crippen LogP contribution in [0, 0.1) is 0 Å². The average Bonchev–Trinajstić information content (AvgIpc) is 2.89. The maximum absolute atomic E-state index is 10.3. The smallest absolute Gasteiger partial charge is 0.142 e. The number of aromatic amines is 1. The fourth-order valence-corrected chi connectivity index (χ4v) is 2.95. The van der Waals surface area contributed by atoms with Crippen molar-refractivity contribution in [3.05, 3.63) is 58.6 Å². The molecule has 0 saturated heterocycles. The van der Waals surface area contributed by atoms with Crippen LogP contribution in [0.25, 0.3) is 33.2 Å². The molecule has 0 radical (unpaired) electrons. The minimum Gasteiger partial charge on any atom is -0.507 e. The molecule has 3 aromatic carbocycles. The summed E-state index contributed by atoms with van der Waals surface area (Å²) in [7, 11) is 0. The quantitative estimate of drug-likeness (QED) is 0.491. The van der Waals surface area contributed by atoms with Crippen LogP contribution < -0.4 is 0 Å². The lowest BCUT2D eigenvalue weighted by Crippen LogP contribution is -1.84. The zero-order chi connectivity index (χ0) is 15.3. The molecule has 2 N–H and O–H groups in total. The Balaban J connectivity index is 2.05. The third kappa shape index (κ3) is 2.02. The predicted octanol–water partition coefficient (Wildman–Crippen LogP) is 5.40. The Morgan fingerprint density at radius 3 is 2.59 bits per heavy atom. The molecule has 0 aliphatic carbocycles. The largest absolute Gasteiger partial charge is 0.507 e. The Hall–Kier alpha value is -2.23. The van der Waals surface area contributed by atoms with Gasteiger partial charge in [0, 0.05) is 0 Å². The van der Waals surface area contributed by atoms with Gasteiger partial charge in [0.05, 0.1) is 26.6 Å². The van der Waals surface area contributed by atoms with E-state index in [1.165, 1.54) is 0 Å². The maximum atomic E-state index is 10.3. The van der Waals surface area contributed by atoms with Crippen molar-refractivity contribution in [1.82, 2.24) is 9.97 Å². The normalized spacial score (nSPS) is 11.4. The van der Waals surface area contributed by atoms with Crippen LogP contribution in [-0.2, 0) is 0 Å². The second kappa shape index (κ2) is 4.90. The Labute approximate surface area is 136 Å². The molecule has 1 heterocycles. The van der Waals surface area contributed by atoms with Crippen molar-refractivity contribution >= 4 is 45.0 Å². The molecule has 4 rings (SSSR count).